The highest BCUT2D eigenvalue weighted by Crippen LogP contribution is 2.36. The van der Waals surface area contributed by atoms with Crippen molar-refractivity contribution in [2.24, 2.45) is 5.41 Å². The van der Waals surface area contributed by atoms with E-state index in [2.05, 4.69) is 6.58 Å². The standard InChI is InChI=1S/C19H25NO6/c1-5-6-13-9-14(10-15(25-3)16(13)26-4)17(21)20-8-7-19(11-20,12-24-2)18(22)23/h5,9-10H,1,6-8,11-12H2,2-4H3,(H,22,23). The Hall–Kier alpha value is -2.54. The minimum atomic E-state index is -1.06. The fraction of sp³-hybridized carbons (Fsp3) is 0.474. The van der Waals surface area contributed by atoms with Crippen LogP contribution in [0.4, 0.5) is 0 Å². The van der Waals surface area contributed by atoms with Gasteiger partial charge in [0, 0.05) is 31.3 Å². The molecule has 0 radical (unpaired) electrons. The predicted octanol–water partition coefficient (Wildman–Crippen LogP) is 2.00. The molecule has 1 saturated heterocycles. The predicted molar refractivity (Wildman–Crippen MR) is 95.9 cm³/mol. The van der Waals surface area contributed by atoms with Crippen LogP contribution in [0.25, 0.3) is 0 Å². The zero-order valence-corrected chi connectivity index (χ0v) is 15.4. The van der Waals surface area contributed by atoms with Crippen LogP contribution >= 0.6 is 0 Å². The lowest BCUT2D eigenvalue weighted by molar-refractivity contribution is -0.151. The van der Waals surface area contributed by atoms with Crippen molar-refractivity contribution in [2.75, 3.05) is 41.0 Å². The quantitative estimate of drug-likeness (QED) is 0.711. The first-order valence-corrected chi connectivity index (χ1v) is 8.29. The molecule has 0 saturated carbocycles. The van der Waals surface area contributed by atoms with Crippen molar-refractivity contribution in [1.82, 2.24) is 4.90 Å². The minimum Gasteiger partial charge on any atom is -0.493 e. The Kier molecular flexibility index (Phi) is 6.26. The van der Waals surface area contributed by atoms with Gasteiger partial charge < -0.3 is 24.2 Å². The molecule has 0 aromatic heterocycles. The molecule has 1 fully saturated rings. The van der Waals surface area contributed by atoms with Gasteiger partial charge in [0.1, 0.15) is 5.41 Å². The summed E-state index contributed by atoms with van der Waals surface area (Å²) in [6, 6.07) is 3.35. The number of hydrogen-bond donors (Lipinski definition) is 1. The summed E-state index contributed by atoms with van der Waals surface area (Å²) in [6.45, 7) is 4.27. The number of likely N-dealkylation sites (tertiary alicyclic amines) is 1. The van der Waals surface area contributed by atoms with Crippen LogP contribution in [0.2, 0.25) is 0 Å². The van der Waals surface area contributed by atoms with E-state index in [1.807, 2.05) is 0 Å². The third-order valence-corrected chi connectivity index (χ3v) is 4.68. The van der Waals surface area contributed by atoms with E-state index in [0.717, 1.165) is 5.56 Å². The van der Waals surface area contributed by atoms with Crippen LogP contribution < -0.4 is 9.47 Å². The van der Waals surface area contributed by atoms with Crippen molar-refractivity contribution in [1.29, 1.82) is 0 Å². The summed E-state index contributed by atoms with van der Waals surface area (Å²) in [5, 5.41) is 9.56. The third kappa shape index (κ3) is 3.67. The van der Waals surface area contributed by atoms with Gasteiger partial charge in [-0.05, 0) is 25.0 Å². The van der Waals surface area contributed by atoms with E-state index in [9.17, 15) is 14.7 Å². The zero-order chi connectivity index (χ0) is 19.3. The zero-order valence-electron chi connectivity index (χ0n) is 15.4. The van der Waals surface area contributed by atoms with Crippen LogP contribution in [0.1, 0.15) is 22.3 Å². The summed E-state index contributed by atoms with van der Waals surface area (Å²) in [6.07, 6.45) is 2.59. The van der Waals surface area contributed by atoms with Gasteiger partial charge in [0.2, 0.25) is 0 Å². The molecule has 1 aromatic carbocycles. The van der Waals surface area contributed by atoms with Crippen molar-refractivity contribution >= 4 is 11.9 Å². The molecule has 1 unspecified atom stereocenters. The summed E-state index contributed by atoms with van der Waals surface area (Å²) in [5.41, 5.74) is 0.147. The van der Waals surface area contributed by atoms with Crippen LogP contribution in [0.15, 0.2) is 24.8 Å². The molecule has 7 nitrogen and oxygen atoms in total. The first kappa shape index (κ1) is 19.8. The van der Waals surface area contributed by atoms with Gasteiger partial charge in [0.05, 0.1) is 20.8 Å². The molecule has 0 spiro atoms. The van der Waals surface area contributed by atoms with Crippen molar-refractivity contribution < 1.29 is 28.9 Å². The second kappa shape index (κ2) is 8.23. The molecule has 1 aliphatic heterocycles. The van der Waals surface area contributed by atoms with Crippen molar-refractivity contribution in [3.8, 4) is 11.5 Å². The van der Waals surface area contributed by atoms with Gasteiger partial charge in [-0.25, -0.2) is 0 Å². The average molecular weight is 363 g/mol. The first-order chi connectivity index (χ1) is 12.4. The van der Waals surface area contributed by atoms with E-state index < -0.39 is 11.4 Å². The number of aliphatic carboxylic acids is 1. The van der Waals surface area contributed by atoms with E-state index in [1.165, 1.54) is 14.2 Å². The molecule has 2 rings (SSSR count). The Labute approximate surface area is 153 Å². The lowest BCUT2D eigenvalue weighted by Gasteiger charge is -2.24. The van der Waals surface area contributed by atoms with Crippen LogP contribution in [-0.2, 0) is 16.0 Å². The number of benzene rings is 1. The lowest BCUT2D eigenvalue weighted by Crippen LogP contribution is -2.40. The maximum atomic E-state index is 13.0. The highest BCUT2D eigenvalue weighted by Gasteiger charge is 2.46. The maximum absolute atomic E-state index is 13.0. The highest BCUT2D eigenvalue weighted by molar-refractivity contribution is 5.96. The lowest BCUT2D eigenvalue weighted by atomic mass is 9.88. The summed E-state index contributed by atoms with van der Waals surface area (Å²) in [5.74, 6) is -0.176. The molecule has 1 atom stereocenters. The van der Waals surface area contributed by atoms with E-state index in [4.69, 9.17) is 14.2 Å². The smallest absolute Gasteiger partial charge is 0.313 e. The number of ether oxygens (including phenoxy) is 3. The molecule has 0 aliphatic carbocycles. The number of allylic oxidation sites excluding steroid dienone is 1. The van der Waals surface area contributed by atoms with E-state index in [1.54, 1.807) is 30.2 Å². The number of carbonyl (C=O) groups excluding carboxylic acids is 1. The number of methoxy groups -OCH3 is 3. The fourth-order valence-electron chi connectivity index (χ4n) is 3.33. The minimum absolute atomic E-state index is 0.0692. The van der Waals surface area contributed by atoms with Gasteiger partial charge in [0.15, 0.2) is 11.5 Å². The van der Waals surface area contributed by atoms with Crippen LogP contribution in [0, 0.1) is 5.41 Å². The largest absolute Gasteiger partial charge is 0.493 e. The SMILES string of the molecule is C=CCc1cc(C(=O)N2CCC(COC)(C(=O)O)C2)cc(OC)c1OC. The van der Waals surface area contributed by atoms with Crippen LogP contribution in [0.3, 0.4) is 0 Å². The van der Waals surface area contributed by atoms with Crippen molar-refractivity contribution in [3.63, 3.8) is 0 Å². The molecule has 1 heterocycles. The average Bonchev–Trinajstić information content (AvgIpc) is 3.06. The molecule has 7 heteroatoms. The molecule has 1 amide bonds. The van der Waals surface area contributed by atoms with E-state index in [-0.39, 0.29) is 19.1 Å². The normalized spacial score (nSPS) is 19.3. The van der Waals surface area contributed by atoms with Crippen LogP contribution in [-0.4, -0.2) is 62.9 Å². The molecule has 26 heavy (non-hydrogen) atoms. The Morgan fingerprint density at radius 2 is 2.04 bits per heavy atom. The summed E-state index contributed by atoms with van der Waals surface area (Å²) < 4.78 is 15.8. The highest BCUT2D eigenvalue weighted by atomic mass is 16.5. The second-order valence-corrected chi connectivity index (χ2v) is 6.36. The number of nitrogens with zero attached hydrogens (tertiary/aromatic N) is 1. The summed E-state index contributed by atoms with van der Waals surface area (Å²) in [7, 11) is 4.51. The number of carbonyl (C=O) groups is 2. The van der Waals surface area contributed by atoms with Gasteiger partial charge in [-0.15, -0.1) is 6.58 Å². The fourth-order valence-corrected chi connectivity index (χ4v) is 3.33. The van der Waals surface area contributed by atoms with E-state index >= 15 is 0 Å². The monoisotopic (exact) mass is 363 g/mol. The Morgan fingerprint density at radius 1 is 1.31 bits per heavy atom. The Balaban J connectivity index is 2.34. The van der Waals surface area contributed by atoms with Gasteiger partial charge >= 0.3 is 5.97 Å². The topological polar surface area (TPSA) is 85.3 Å². The Bertz CT molecular complexity index is 702. The molecule has 1 aromatic rings. The molecular formula is C19H25NO6. The van der Waals surface area contributed by atoms with Crippen LogP contribution in [0.5, 0.6) is 11.5 Å². The number of hydrogen-bond acceptors (Lipinski definition) is 5. The van der Waals surface area contributed by atoms with Gasteiger partial charge in [-0.2, -0.15) is 0 Å². The van der Waals surface area contributed by atoms with Gasteiger partial charge in [0.25, 0.3) is 5.91 Å². The third-order valence-electron chi connectivity index (χ3n) is 4.68. The molecular weight excluding hydrogens is 338 g/mol. The molecule has 1 aliphatic rings. The van der Waals surface area contributed by atoms with Gasteiger partial charge in [-0.3, -0.25) is 9.59 Å². The Morgan fingerprint density at radius 3 is 2.58 bits per heavy atom. The number of rotatable bonds is 8. The number of carboxylic acid groups (broad SMARTS) is 1. The summed E-state index contributed by atoms with van der Waals surface area (Å²) in [4.78, 5) is 26.2. The summed E-state index contributed by atoms with van der Waals surface area (Å²) >= 11 is 0. The van der Waals surface area contributed by atoms with Crippen molar-refractivity contribution in [3.05, 3.63) is 35.9 Å². The molecule has 1 N–H and O–H groups in total. The first-order valence-electron chi connectivity index (χ1n) is 8.29. The number of amides is 1. The molecule has 0 bridgehead atoms. The maximum Gasteiger partial charge on any atom is 0.313 e. The number of carboxylic acids is 1. The second-order valence-electron chi connectivity index (χ2n) is 6.36. The van der Waals surface area contributed by atoms with Crippen molar-refractivity contribution in [2.45, 2.75) is 12.8 Å². The van der Waals surface area contributed by atoms with Gasteiger partial charge in [-0.1, -0.05) is 6.08 Å². The molecule has 142 valence electrons. The van der Waals surface area contributed by atoms with E-state index in [0.29, 0.717) is 36.4 Å².